The first kappa shape index (κ1) is 11.7. The lowest BCUT2D eigenvalue weighted by atomic mass is 10.1. The van der Waals surface area contributed by atoms with E-state index < -0.39 is 0 Å². The van der Waals surface area contributed by atoms with E-state index in [1.165, 1.54) is 19.3 Å². The van der Waals surface area contributed by atoms with Crippen molar-refractivity contribution in [2.24, 2.45) is 0 Å². The molecule has 2 saturated heterocycles. The summed E-state index contributed by atoms with van der Waals surface area (Å²) in [5.74, 6) is 0. The molecule has 0 aromatic rings. The van der Waals surface area contributed by atoms with E-state index in [4.69, 9.17) is 4.74 Å². The Morgan fingerprint density at radius 3 is 2.56 bits per heavy atom. The van der Waals surface area contributed by atoms with Crippen molar-refractivity contribution in [3.8, 4) is 0 Å². The molecule has 2 aliphatic heterocycles. The van der Waals surface area contributed by atoms with Crippen molar-refractivity contribution in [2.75, 3.05) is 26.2 Å². The fraction of sp³-hybridized carbons (Fsp3) is 0.917. The molecule has 0 bridgehead atoms. The highest BCUT2D eigenvalue weighted by Crippen LogP contribution is 2.24. The summed E-state index contributed by atoms with van der Waals surface area (Å²) in [7, 11) is 0. The number of ether oxygens (including phenoxy) is 1. The molecule has 0 radical (unpaired) electrons. The zero-order valence-corrected chi connectivity index (χ0v) is 10.2. The lowest BCUT2D eigenvalue weighted by Crippen LogP contribution is -2.52. The van der Waals surface area contributed by atoms with E-state index >= 15 is 0 Å². The monoisotopic (exact) mass is 226 g/mol. The molecule has 92 valence electrons. The van der Waals surface area contributed by atoms with Gasteiger partial charge in [-0.1, -0.05) is 0 Å². The number of hydrogen-bond donors (Lipinski definition) is 0. The highest BCUT2D eigenvalue weighted by molar-refractivity contribution is 5.68. The molecule has 0 spiro atoms. The number of carbonyl (C=O) groups excluding carboxylic acids is 1. The van der Waals surface area contributed by atoms with Gasteiger partial charge >= 0.3 is 6.09 Å². The van der Waals surface area contributed by atoms with Crippen LogP contribution in [0.2, 0.25) is 0 Å². The first-order valence-electron chi connectivity index (χ1n) is 6.50. The van der Waals surface area contributed by atoms with Gasteiger partial charge in [-0.05, 0) is 39.0 Å². The lowest BCUT2D eigenvalue weighted by molar-refractivity contribution is 0.0186. The van der Waals surface area contributed by atoms with E-state index in [0.717, 1.165) is 32.5 Å². The highest BCUT2D eigenvalue weighted by atomic mass is 16.6. The number of piperidine rings is 1. The van der Waals surface area contributed by atoms with Crippen LogP contribution in [0.5, 0.6) is 0 Å². The number of nitrogens with zero attached hydrogens (tertiary/aromatic N) is 2. The second kappa shape index (κ2) is 5.53. The van der Waals surface area contributed by atoms with Gasteiger partial charge in [0.05, 0.1) is 12.8 Å². The van der Waals surface area contributed by atoms with Crippen LogP contribution in [0, 0.1) is 0 Å². The van der Waals surface area contributed by atoms with Crippen LogP contribution in [0.1, 0.15) is 39.0 Å². The predicted molar refractivity (Wildman–Crippen MR) is 62.2 cm³/mol. The maximum absolute atomic E-state index is 11.8. The molecule has 1 atom stereocenters. The fourth-order valence-corrected chi connectivity index (χ4v) is 2.75. The van der Waals surface area contributed by atoms with Gasteiger partial charge in [-0.3, -0.25) is 9.80 Å². The van der Waals surface area contributed by atoms with Crippen LogP contribution < -0.4 is 0 Å². The van der Waals surface area contributed by atoms with Gasteiger partial charge in [-0.25, -0.2) is 4.79 Å². The van der Waals surface area contributed by atoms with Crippen molar-refractivity contribution in [2.45, 2.75) is 45.2 Å². The molecule has 16 heavy (non-hydrogen) atoms. The van der Waals surface area contributed by atoms with Crippen LogP contribution in [0.4, 0.5) is 4.79 Å². The molecule has 0 aromatic carbocycles. The maximum atomic E-state index is 11.8. The predicted octanol–water partition coefficient (Wildman–Crippen LogP) is 2.05. The van der Waals surface area contributed by atoms with Crippen LogP contribution >= 0.6 is 0 Å². The summed E-state index contributed by atoms with van der Waals surface area (Å²) in [5.41, 5.74) is 0. The first-order valence-corrected chi connectivity index (χ1v) is 6.50. The number of amides is 1. The number of carbonyl (C=O) groups is 1. The summed E-state index contributed by atoms with van der Waals surface area (Å²) in [4.78, 5) is 16.2. The summed E-state index contributed by atoms with van der Waals surface area (Å²) in [6.07, 6.45) is 6.17. The van der Waals surface area contributed by atoms with Crippen molar-refractivity contribution in [3.63, 3.8) is 0 Å². The van der Waals surface area contributed by atoms with E-state index in [1.54, 1.807) is 0 Å². The minimum Gasteiger partial charge on any atom is -0.450 e. The van der Waals surface area contributed by atoms with Crippen LogP contribution in [0.3, 0.4) is 0 Å². The average molecular weight is 226 g/mol. The molecule has 0 N–H and O–H groups in total. The molecule has 2 fully saturated rings. The summed E-state index contributed by atoms with van der Waals surface area (Å²) in [6, 6.07) is 0. The Morgan fingerprint density at radius 2 is 1.88 bits per heavy atom. The normalized spacial score (nSPS) is 27.1. The number of likely N-dealkylation sites (tertiary alicyclic amines) is 2. The molecule has 4 heteroatoms. The van der Waals surface area contributed by atoms with Crippen LogP contribution in [-0.2, 0) is 4.74 Å². The zero-order valence-electron chi connectivity index (χ0n) is 10.2. The Hall–Kier alpha value is -0.770. The van der Waals surface area contributed by atoms with E-state index in [9.17, 15) is 4.79 Å². The lowest BCUT2D eigenvalue weighted by Gasteiger charge is -2.40. The quantitative estimate of drug-likeness (QED) is 0.722. The molecule has 0 aliphatic carbocycles. The topological polar surface area (TPSA) is 32.8 Å². The standard InChI is InChI=1S/C12H22N2O2/c1-2-16-12(15)14-10-4-3-7-11(14)13-8-5-6-9-13/h11H,2-10H2,1H3. The largest absolute Gasteiger partial charge is 0.450 e. The number of rotatable bonds is 2. The molecule has 2 rings (SSSR count). The van der Waals surface area contributed by atoms with Gasteiger partial charge < -0.3 is 4.74 Å². The Kier molecular flexibility index (Phi) is 4.04. The van der Waals surface area contributed by atoms with Gasteiger partial charge in [0, 0.05) is 19.6 Å². The second-order valence-corrected chi connectivity index (χ2v) is 4.61. The Morgan fingerprint density at radius 1 is 1.19 bits per heavy atom. The maximum Gasteiger partial charge on any atom is 0.411 e. The third-order valence-corrected chi connectivity index (χ3v) is 3.54. The van der Waals surface area contributed by atoms with Gasteiger partial charge in [0.2, 0.25) is 0 Å². The molecule has 0 aromatic heterocycles. The van der Waals surface area contributed by atoms with Crippen molar-refractivity contribution < 1.29 is 9.53 Å². The van der Waals surface area contributed by atoms with Gasteiger partial charge in [0.15, 0.2) is 0 Å². The van der Waals surface area contributed by atoms with E-state index in [1.807, 2.05) is 11.8 Å². The van der Waals surface area contributed by atoms with Crippen molar-refractivity contribution in [3.05, 3.63) is 0 Å². The molecule has 1 unspecified atom stereocenters. The van der Waals surface area contributed by atoms with E-state index in [-0.39, 0.29) is 6.09 Å². The summed E-state index contributed by atoms with van der Waals surface area (Å²) < 4.78 is 5.13. The zero-order chi connectivity index (χ0) is 11.4. The van der Waals surface area contributed by atoms with Crippen LogP contribution in [-0.4, -0.2) is 48.3 Å². The fourth-order valence-electron chi connectivity index (χ4n) is 2.75. The van der Waals surface area contributed by atoms with Gasteiger partial charge in [-0.15, -0.1) is 0 Å². The minimum absolute atomic E-state index is 0.126. The smallest absolute Gasteiger partial charge is 0.411 e. The Labute approximate surface area is 97.5 Å². The van der Waals surface area contributed by atoms with Crippen LogP contribution in [0.15, 0.2) is 0 Å². The molecule has 2 aliphatic rings. The summed E-state index contributed by atoms with van der Waals surface area (Å²) >= 11 is 0. The molecular weight excluding hydrogens is 204 g/mol. The third kappa shape index (κ3) is 2.48. The Balaban J connectivity index is 1.98. The summed E-state index contributed by atoms with van der Waals surface area (Å²) in [5, 5.41) is 0. The van der Waals surface area contributed by atoms with E-state index in [2.05, 4.69) is 4.90 Å². The second-order valence-electron chi connectivity index (χ2n) is 4.61. The third-order valence-electron chi connectivity index (χ3n) is 3.54. The SMILES string of the molecule is CCOC(=O)N1CCCCC1N1CCCC1. The molecule has 2 heterocycles. The van der Waals surface area contributed by atoms with Crippen molar-refractivity contribution in [1.82, 2.24) is 9.80 Å². The minimum atomic E-state index is -0.126. The summed E-state index contributed by atoms with van der Waals surface area (Å²) in [6.45, 7) is 5.48. The van der Waals surface area contributed by atoms with Crippen molar-refractivity contribution in [1.29, 1.82) is 0 Å². The molecular formula is C12H22N2O2. The molecule has 1 amide bonds. The van der Waals surface area contributed by atoms with Crippen LogP contribution in [0.25, 0.3) is 0 Å². The van der Waals surface area contributed by atoms with Gasteiger partial charge in [0.1, 0.15) is 0 Å². The molecule has 0 saturated carbocycles. The first-order chi connectivity index (χ1) is 7.83. The average Bonchev–Trinajstić information content (AvgIpc) is 2.83. The highest BCUT2D eigenvalue weighted by Gasteiger charge is 2.33. The van der Waals surface area contributed by atoms with Crippen molar-refractivity contribution >= 4 is 6.09 Å². The molecule has 4 nitrogen and oxygen atoms in total. The van der Waals surface area contributed by atoms with E-state index in [0.29, 0.717) is 12.8 Å². The Bertz CT molecular complexity index is 239. The number of hydrogen-bond acceptors (Lipinski definition) is 3. The van der Waals surface area contributed by atoms with Gasteiger partial charge in [-0.2, -0.15) is 0 Å². The van der Waals surface area contributed by atoms with Gasteiger partial charge in [0.25, 0.3) is 0 Å².